The van der Waals surface area contributed by atoms with Crippen LogP contribution in [0.2, 0.25) is 0 Å². The van der Waals surface area contributed by atoms with E-state index in [-0.39, 0.29) is 11.6 Å². The van der Waals surface area contributed by atoms with Crippen molar-refractivity contribution >= 4 is 5.91 Å². The highest BCUT2D eigenvalue weighted by Gasteiger charge is 2.37. The lowest BCUT2D eigenvalue weighted by Gasteiger charge is -2.44. The van der Waals surface area contributed by atoms with Crippen molar-refractivity contribution in [3.8, 4) is 0 Å². The number of alkyl halides is 3. The largest absolute Gasteiger partial charge is 0.411 e. The first-order valence-corrected chi connectivity index (χ1v) is 7.57. The summed E-state index contributed by atoms with van der Waals surface area (Å²) < 4.78 is 40.2. The molecule has 1 unspecified atom stereocenters. The molecule has 1 atom stereocenters. The lowest BCUT2D eigenvalue weighted by Crippen LogP contribution is -2.57. The van der Waals surface area contributed by atoms with Crippen molar-refractivity contribution in [2.45, 2.75) is 62.7 Å². The van der Waals surface area contributed by atoms with Crippen LogP contribution in [0.4, 0.5) is 13.2 Å². The van der Waals surface area contributed by atoms with Gasteiger partial charge in [-0.25, -0.2) is 0 Å². The number of carbonyl (C=O) groups is 1. The van der Waals surface area contributed by atoms with Crippen molar-refractivity contribution < 1.29 is 22.7 Å². The van der Waals surface area contributed by atoms with E-state index in [9.17, 15) is 18.0 Å². The lowest BCUT2D eigenvalue weighted by atomic mass is 9.75. The monoisotopic (exact) mass is 308 g/mol. The molecule has 1 amide bonds. The zero-order chi connectivity index (χ0) is 15.3. The molecule has 2 N–H and O–H groups in total. The molecule has 2 aliphatic rings. The molecule has 1 aliphatic carbocycles. The van der Waals surface area contributed by atoms with Crippen molar-refractivity contribution in [3.05, 3.63) is 0 Å². The van der Waals surface area contributed by atoms with E-state index in [0.717, 1.165) is 32.2 Å². The molecule has 0 aromatic rings. The number of ether oxygens (including phenoxy) is 1. The highest BCUT2D eigenvalue weighted by Crippen LogP contribution is 2.34. The molecule has 0 bridgehead atoms. The molecule has 21 heavy (non-hydrogen) atoms. The van der Waals surface area contributed by atoms with Gasteiger partial charge in [-0.2, -0.15) is 13.2 Å². The first kappa shape index (κ1) is 16.5. The Labute approximate surface area is 122 Å². The summed E-state index contributed by atoms with van der Waals surface area (Å²) in [6.45, 7) is -1.07. The minimum absolute atomic E-state index is 0.0336. The van der Waals surface area contributed by atoms with Crippen molar-refractivity contribution in [2.75, 3.05) is 19.8 Å². The van der Waals surface area contributed by atoms with Gasteiger partial charge in [0, 0.05) is 11.6 Å². The number of halogens is 3. The van der Waals surface area contributed by atoms with Gasteiger partial charge in [-0.1, -0.05) is 19.3 Å². The van der Waals surface area contributed by atoms with Crippen LogP contribution in [0.1, 0.15) is 44.9 Å². The maximum absolute atomic E-state index is 11.9. The number of hydrogen-bond acceptors (Lipinski definition) is 3. The molecule has 1 saturated heterocycles. The summed E-state index contributed by atoms with van der Waals surface area (Å²) in [5.74, 6) is -0.461. The van der Waals surface area contributed by atoms with Crippen LogP contribution >= 0.6 is 0 Å². The lowest BCUT2D eigenvalue weighted by molar-refractivity contribution is -0.175. The Hall–Kier alpha value is -0.820. The van der Waals surface area contributed by atoms with E-state index in [1.807, 2.05) is 0 Å². The molecular weight excluding hydrogens is 285 g/mol. The normalized spacial score (nSPS) is 25.8. The smallest absolute Gasteiger partial charge is 0.362 e. The van der Waals surface area contributed by atoms with Crippen LogP contribution in [0.3, 0.4) is 0 Å². The van der Waals surface area contributed by atoms with Crippen LogP contribution in [0.5, 0.6) is 0 Å². The van der Waals surface area contributed by atoms with Crippen LogP contribution < -0.4 is 10.6 Å². The number of carbonyl (C=O) groups excluding carboxylic acids is 1. The second-order valence-corrected chi connectivity index (χ2v) is 6.13. The zero-order valence-corrected chi connectivity index (χ0v) is 12.1. The topological polar surface area (TPSA) is 50.4 Å². The fourth-order valence-electron chi connectivity index (χ4n) is 3.42. The molecule has 1 aliphatic heterocycles. The Kier molecular flexibility index (Phi) is 5.48. The van der Waals surface area contributed by atoms with Crippen molar-refractivity contribution in [1.29, 1.82) is 0 Å². The predicted molar refractivity (Wildman–Crippen MR) is 71.9 cm³/mol. The zero-order valence-electron chi connectivity index (χ0n) is 12.1. The van der Waals surface area contributed by atoms with Gasteiger partial charge in [0.2, 0.25) is 5.91 Å². The minimum atomic E-state index is -4.39. The van der Waals surface area contributed by atoms with Gasteiger partial charge in [-0.15, -0.1) is 0 Å². The fraction of sp³-hybridized carbons (Fsp3) is 0.929. The fourth-order valence-corrected chi connectivity index (χ4v) is 3.42. The van der Waals surface area contributed by atoms with Crippen molar-refractivity contribution in [3.63, 3.8) is 0 Å². The standard InChI is InChI=1S/C14H23F3N2O2/c15-14(16,17)10-21-9-12(20)19-11-4-7-18-13(8-11)5-2-1-3-6-13/h11,18H,1-10H2,(H,19,20). The maximum Gasteiger partial charge on any atom is 0.411 e. The third-order valence-electron chi connectivity index (χ3n) is 4.30. The van der Waals surface area contributed by atoms with E-state index in [0.29, 0.717) is 0 Å². The first-order valence-electron chi connectivity index (χ1n) is 7.57. The Balaban J connectivity index is 1.73. The minimum Gasteiger partial charge on any atom is -0.362 e. The molecule has 0 aromatic heterocycles. The number of piperidine rings is 1. The second kappa shape index (κ2) is 6.96. The summed E-state index contributed by atoms with van der Waals surface area (Å²) in [5, 5.41) is 6.37. The maximum atomic E-state index is 11.9. The molecule has 0 radical (unpaired) electrons. The van der Waals surface area contributed by atoms with Gasteiger partial charge in [0.1, 0.15) is 13.2 Å². The number of nitrogens with one attached hydrogen (secondary N) is 2. The van der Waals surface area contributed by atoms with E-state index >= 15 is 0 Å². The molecule has 1 heterocycles. The Bertz CT molecular complexity index is 349. The summed E-state index contributed by atoms with van der Waals surface area (Å²) >= 11 is 0. The van der Waals surface area contributed by atoms with Gasteiger partial charge in [-0.3, -0.25) is 4.79 Å². The van der Waals surface area contributed by atoms with Gasteiger partial charge in [0.25, 0.3) is 0 Å². The second-order valence-electron chi connectivity index (χ2n) is 6.13. The van der Waals surface area contributed by atoms with Gasteiger partial charge in [0.15, 0.2) is 0 Å². The van der Waals surface area contributed by atoms with Gasteiger partial charge >= 0.3 is 6.18 Å². The Morgan fingerprint density at radius 2 is 2.00 bits per heavy atom. The highest BCUT2D eigenvalue weighted by molar-refractivity contribution is 5.77. The molecule has 2 fully saturated rings. The number of amides is 1. The SMILES string of the molecule is O=C(COCC(F)(F)F)NC1CCNC2(CCCCC2)C1. The summed E-state index contributed by atoms with van der Waals surface area (Å²) in [5.41, 5.74) is 0.112. The molecule has 7 heteroatoms. The highest BCUT2D eigenvalue weighted by atomic mass is 19.4. The summed E-state index contributed by atoms with van der Waals surface area (Å²) in [6, 6.07) is 0.0336. The van der Waals surface area contributed by atoms with E-state index in [1.165, 1.54) is 19.3 Å². The molecular formula is C14H23F3N2O2. The number of rotatable bonds is 4. The molecule has 4 nitrogen and oxygen atoms in total. The molecule has 1 saturated carbocycles. The Morgan fingerprint density at radius 3 is 2.67 bits per heavy atom. The van der Waals surface area contributed by atoms with Gasteiger partial charge < -0.3 is 15.4 Å². The van der Waals surface area contributed by atoms with Crippen LogP contribution in [0.15, 0.2) is 0 Å². The molecule has 0 aromatic carbocycles. The van der Waals surface area contributed by atoms with Crippen LogP contribution in [0, 0.1) is 0 Å². The van der Waals surface area contributed by atoms with E-state index in [2.05, 4.69) is 15.4 Å². The van der Waals surface area contributed by atoms with E-state index < -0.39 is 25.3 Å². The van der Waals surface area contributed by atoms with Gasteiger partial charge in [0.05, 0.1) is 0 Å². The third kappa shape index (κ3) is 5.47. The number of hydrogen-bond donors (Lipinski definition) is 2. The summed E-state index contributed by atoms with van der Waals surface area (Å²) in [7, 11) is 0. The molecule has 122 valence electrons. The summed E-state index contributed by atoms with van der Waals surface area (Å²) in [4.78, 5) is 11.6. The van der Waals surface area contributed by atoms with Crippen LogP contribution in [0.25, 0.3) is 0 Å². The van der Waals surface area contributed by atoms with Crippen LogP contribution in [-0.2, 0) is 9.53 Å². The first-order chi connectivity index (χ1) is 9.89. The quantitative estimate of drug-likeness (QED) is 0.836. The molecule has 1 spiro atoms. The van der Waals surface area contributed by atoms with Crippen molar-refractivity contribution in [2.24, 2.45) is 0 Å². The predicted octanol–water partition coefficient (Wildman–Crippen LogP) is 2.14. The average Bonchev–Trinajstić information content (AvgIpc) is 2.38. The van der Waals surface area contributed by atoms with E-state index in [1.54, 1.807) is 0 Å². The Morgan fingerprint density at radius 1 is 1.29 bits per heavy atom. The molecule has 2 rings (SSSR count). The van der Waals surface area contributed by atoms with Crippen molar-refractivity contribution in [1.82, 2.24) is 10.6 Å². The average molecular weight is 308 g/mol. The van der Waals surface area contributed by atoms with Gasteiger partial charge in [-0.05, 0) is 32.2 Å². The van der Waals surface area contributed by atoms with E-state index in [4.69, 9.17) is 0 Å². The third-order valence-corrected chi connectivity index (χ3v) is 4.30. The summed E-state index contributed by atoms with van der Waals surface area (Å²) in [6.07, 6.45) is 3.16. The van der Waals surface area contributed by atoms with Crippen LogP contribution in [-0.4, -0.2) is 43.4 Å².